The fraction of sp³-hybridized carbons (Fsp3) is 0.125. The lowest BCUT2D eigenvalue weighted by atomic mass is 10.1. The molecule has 2 heteroatoms. The number of nitrogens with two attached hydrogens (primary N) is 1. The number of hydrogen-bond donors (Lipinski definition) is 1. The fourth-order valence-corrected chi connectivity index (χ4v) is 1.72. The second kappa shape index (κ2) is 6.03. The van der Waals surface area contributed by atoms with Crippen molar-refractivity contribution in [3.05, 3.63) is 71.8 Å². The highest BCUT2D eigenvalue weighted by Crippen LogP contribution is 2.15. The SMILES string of the molecule is COc1ccc(/C=C/C(N)c2ccccc2)cc1. The number of rotatable bonds is 4. The van der Waals surface area contributed by atoms with Crippen molar-refractivity contribution >= 4 is 6.08 Å². The zero-order valence-electron chi connectivity index (χ0n) is 10.4. The van der Waals surface area contributed by atoms with Crippen LogP contribution in [-0.2, 0) is 0 Å². The molecule has 2 aromatic rings. The Bertz CT molecular complexity index is 502. The molecule has 18 heavy (non-hydrogen) atoms. The monoisotopic (exact) mass is 239 g/mol. The summed E-state index contributed by atoms with van der Waals surface area (Å²) < 4.78 is 5.12. The van der Waals surface area contributed by atoms with Crippen LogP contribution in [-0.4, -0.2) is 7.11 Å². The average molecular weight is 239 g/mol. The molecule has 0 aromatic heterocycles. The van der Waals surface area contributed by atoms with Gasteiger partial charge in [-0.05, 0) is 23.3 Å². The lowest BCUT2D eigenvalue weighted by Crippen LogP contribution is -2.06. The summed E-state index contributed by atoms with van der Waals surface area (Å²) >= 11 is 0. The molecule has 0 radical (unpaired) electrons. The van der Waals surface area contributed by atoms with Gasteiger partial charge >= 0.3 is 0 Å². The third kappa shape index (κ3) is 3.22. The van der Waals surface area contributed by atoms with E-state index < -0.39 is 0 Å². The zero-order chi connectivity index (χ0) is 12.8. The van der Waals surface area contributed by atoms with Crippen LogP contribution in [0.5, 0.6) is 5.75 Å². The van der Waals surface area contributed by atoms with Crippen molar-refractivity contribution in [2.45, 2.75) is 6.04 Å². The first kappa shape index (κ1) is 12.4. The van der Waals surface area contributed by atoms with Crippen LogP contribution in [0, 0.1) is 0 Å². The van der Waals surface area contributed by atoms with Gasteiger partial charge in [0.15, 0.2) is 0 Å². The van der Waals surface area contributed by atoms with Crippen molar-refractivity contribution in [2.24, 2.45) is 5.73 Å². The maximum Gasteiger partial charge on any atom is 0.118 e. The molecular weight excluding hydrogens is 222 g/mol. The van der Waals surface area contributed by atoms with Gasteiger partial charge in [0.2, 0.25) is 0 Å². The van der Waals surface area contributed by atoms with Gasteiger partial charge in [-0.25, -0.2) is 0 Å². The van der Waals surface area contributed by atoms with Gasteiger partial charge in [0.25, 0.3) is 0 Å². The van der Waals surface area contributed by atoms with Crippen LogP contribution in [0.2, 0.25) is 0 Å². The molecule has 0 bridgehead atoms. The van der Waals surface area contributed by atoms with Crippen molar-refractivity contribution in [3.8, 4) is 5.75 Å². The van der Waals surface area contributed by atoms with E-state index in [-0.39, 0.29) is 6.04 Å². The molecule has 0 aliphatic heterocycles. The summed E-state index contributed by atoms with van der Waals surface area (Å²) in [7, 11) is 1.66. The molecule has 2 nitrogen and oxygen atoms in total. The molecule has 0 saturated heterocycles. The summed E-state index contributed by atoms with van der Waals surface area (Å²) in [5.74, 6) is 0.861. The van der Waals surface area contributed by atoms with E-state index in [1.807, 2.05) is 66.7 Å². The number of methoxy groups -OCH3 is 1. The minimum atomic E-state index is -0.0756. The van der Waals surface area contributed by atoms with Gasteiger partial charge in [0, 0.05) is 6.04 Å². The standard InChI is InChI=1S/C16H17NO/c1-18-15-10-7-13(8-11-15)9-12-16(17)14-5-3-2-4-6-14/h2-12,16H,17H2,1H3/b12-9+. The molecule has 0 saturated carbocycles. The van der Waals surface area contributed by atoms with E-state index in [0.29, 0.717) is 0 Å². The lowest BCUT2D eigenvalue weighted by molar-refractivity contribution is 0.415. The van der Waals surface area contributed by atoms with Crippen LogP contribution in [0.3, 0.4) is 0 Å². The van der Waals surface area contributed by atoms with E-state index >= 15 is 0 Å². The first-order chi connectivity index (χ1) is 8.79. The van der Waals surface area contributed by atoms with Crippen LogP contribution >= 0.6 is 0 Å². The molecule has 0 spiro atoms. The number of ether oxygens (including phenoxy) is 1. The maximum absolute atomic E-state index is 6.09. The Hall–Kier alpha value is -2.06. The Morgan fingerprint density at radius 3 is 2.28 bits per heavy atom. The summed E-state index contributed by atoms with van der Waals surface area (Å²) in [6.07, 6.45) is 4.02. The van der Waals surface area contributed by atoms with Gasteiger partial charge < -0.3 is 10.5 Å². The quantitative estimate of drug-likeness (QED) is 0.887. The van der Waals surface area contributed by atoms with E-state index in [4.69, 9.17) is 10.5 Å². The van der Waals surface area contributed by atoms with Crippen LogP contribution in [0.15, 0.2) is 60.7 Å². The lowest BCUT2D eigenvalue weighted by Gasteiger charge is -2.06. The molecule has 0 amide bonds. The molecule has 1 unspecified atom stereocenters. The Labute approximate surface area is 108 Å². The van der Waals surface area contributed by atoms with E-state index in [0.717, 1.165) is 16.9 Å². The highest BCUT2D eigenvalue weighted by atomic mass is 16.5. The predicted octanol–water partition coefficient (Wildman–Crippen LogP) is 3.41. The smallest absolute Gasteiger partial charge is 0.118 e. The second-order valence-corrected chi connectivity index (χ2v) is 4.07. The van der Waals surface area contributed by atoms with Crippen molar-refractivity contribution in [1.29, 1.82) is 0 Å². The van der Waals surface area contributed by atoms with Crippen LogP contribution in [0.4, 0.5) is 0 Å². The van der Waals surface area contributed by atoms with Crippen molar-refractivity contribution in [2.75, 3.05) is 7.11 Å². The molecular formula is C16H17NO. The molecule has 2 aromatic carbocycles. The number of benzene rings is 2. The molecule has 0 aliphatic rings. The summed E-state index contributed by atoms with van der Waals surface area (Å²) in [6, 6.07) is 17.9. The van der Waals surface area contributed by atoms with E-state index in [9.17, 15) is 0 Å². The summed E-state index contributed by atoms with van der Waals surface area (Å²) in [5, 5.41) is 0. The minimum Gasteiger partial charge on any atom is -0.497 e. The van der Waals surface area contributed by atoms with Gasteiger partial charge in [-0.1, -0.05) is 54.6 Å². The summed E-state index contributed by atoms with van der Waals surface area (Å²) in [4.78, 5) is 0. The molecule has 92 valence electrons. The van der Waals surface area contributed by atoms with Crippen molar-refractivity contribution in [3.63, 3.8) is 0 Å². The van der Waals surface area contributed by atoms with E-state index in [2.05, 4.69) is 0 Å². The first-order valence-electron chi connectivity index (χ1n) is 5.92. The van der Waals surface area contributed by atoms with Crippen molar-refractivity contribution in [1.82, 2.24) is 0 Å². The second-order valence-electron chi connectivity index (χ2n) is 4.07. The normalized spacial score (nSPS) is 12.6. The third-order valence-electron chi connectivity index (χ3n) is 2.80. The Kier molecular flexibility index (Phi) is 4.15. The minimum absolute atomic E-state index is 0.0756. The maximum atomic E-state index is 6.09. The van der Waals surface area contributed by atoms with Gasteiger partial charge in [0.05, 0.1) is 7.11 Å². The third-order valence-corrected chi connectivity index (χ3v) is 2.80. The Balaban J connectivity index is 2.06. The molecule has 0 heterocycles. The molecule has 0 aliphatic carbocycles. The molecule has 2 rings (SSSR count). The van der Waals surface area contributed by atoms with E-state index in [1.54, 1.807) is 7.11 Å². The highest BCUT2D eigenvalue weighted by molar-refractivity contribution is 5.51. The molecule has 0 fully saturated rings. The summed E-state index contributed by atoms with van der Waals surface area (Å²) in [5.41, 5.74) is 8.31. The average Bonchev–Trinajstić information content (AvgIpc) is 2.46. The number of hydrogen-bond acceptors (Lipinski definition) is 2. The summed E-state index contributed by atoms with van der Waals surface area (Å²) in [6.45, 7) is 0. The largest absolute Gasteiger partial charge is 0.497 e. The van der Waals surface area contributed by atoms with Gasteiger partial charge in [-0.15, -0.1) is 0 Å². The van der Waals surface area contributed by atoms with E-state index in [1.165, 1.54) is 0 Å². The van der Waals surface area contributed by atoms with Crippen LogP contribution in [0.1, 0.15) is 17.2 Å². The fourth-order valence-electron chi connectivity index (χ4n) is 1.72. The van der Waals surface area contributed by atoms with Crippen LogP contribution in [0.25, 0.3) is 6.08 Å². The first-order valence-corrected chi connectivity index (χ1v) is 5.92. The Morgan fingerprint density at radius 1 is 1.00 bits per heavy atom. The zero-order valence-corrected chi connectivity index (χ0v) is 10.4. The topological polar surface area (TPSA) is 35.2 Å². The molecule has 1 atom stereocenters. The van der Waals surface area contributed by atoms with Gasteiger partial charge in [0.1, 0.15) is 5.75 Å². The molecule has 2 N–H and O–H groups in total. The predicted molar refractivity (Wildman–Crippen MR) is 75.4 cm³/mol. The van der Waals surface area contributed by atoms with Gasteiger partial charge in [-0.2, -0.15) is 0 Å². The van der Waals surface area contributed by atoms with Crippen LogP contribution < -0.4 is 10.5 Å². The van der Waals surface area contributed by atoms with Crippen molar-refractivity contribution < 1.29 is 4.74 Å². The highest BCUT2D eigenvalue weighted by Gasteiger charge is 1.99. The van der Waals surface area contributed by atoms with Gasteiger partial charge in [-0.3, -0.25) is 0 Å². The Morgan fingerprint density at radius 2 is 1.67 bits per heavy atom.